The van der Waals surface area contributed by atoms with E-state index < -0.39 is 6.04 Å². The van der Waals surface area contributed by atoms with Crippen molar-refractivity contribution in [1.82, 2.24) is 15.8 Å². The van der Waals surface area contributed by atoms with Crippen LogP contribution in [-0.2, 0) is 9.59 Å². The van der Waals surface area contributed by atoms with Gasteiger partial charge in [0.1, 0.15) is 6.04 Å². The molecule has 1 heterocycles. The van der Waals surface area contributed by atoms with Crippen LogP contribution >= 0.6 is 39.1 Å². The van der Waals surface area contributed by atoms with Crippen LogP contribution in [0.5, 0.6) is 0 Å². The molecule has 0 spiro atoms. The van der Waals surface area contributed by atoms with Gasteiger partial charge in [-0.1, -0.05) is 53.0 Å². The van der Waals surface area contributed by atoms with E-state index in [4.69, 9.17) is 23.2 Å². The molecule has 1 aliphatic heterocycles. The van der Waals surface area contributed by atoms with Gasteiger partial charge >= 0.3 is 0 Å². The van der Waals surface area contributed by atoms with Crippen LogP contribution in [0.25, 0.3) is 0 Å². The minimum absolute atomic E-state index is 0.0550. The highest BCUT2D eigenvalue weighted by molar-refractivity contribution is 9.09. The second-order valence-electron chi connectivity index (χ2n) is 6.35. The lowest BCUT2D eigenvalue weighted by atomic mass is 9.99. The number of benzene rings is 1. The highest BCUT2D eigenvalue weighted by atomic mass is 79.9. The number of nitrogens with zero attached hydrogens (tertiary/aromatic N) is 1. The molecule has 0 aliphatic carbocycles. The number of alkyl halides is 1. The average Bonchev–Trinajstić information content (AvgIpc) is 2.91. The van der Waals surface area contributed by atoms with Gasteiger partial charge in [0.15, 0.2) is 0 Å². The van der Waals surface area contributed by atoms with Crippen LogP contribution in [0.1, 0.15) is 13.8 Å². The molecule has 3 unspecified atom stereocenters. The summed E-state index contributed by atoms with van der Waals surface area (Å²) in [6.45, 7) is 4.09. The van der Waals surface area contributed by atoms with E-state index in [1.54, 1.807) is 25.2 Å². The van der Waals surface area contributed by atoms with Crippen molar-refractivity contribution >= 4 is 56.6 Å². The number of hydrogen-bond donors (Lipinski definition) is 3. The molecule has 1 aromatic rings. The zero-order valence-electron chi connectivity index (χ0n) is 14.1. The molecule has 1 saturated heterocycles. The zero-order valence-corrected chi connectivity index (χ0v) is 17.2. The molecule has 0 aromatic heterocycles. The fourth-order valence-corrected chi connectivity index (χ4v) is 3.99. The monoisotopic (exact) mass is 450 g/mol. The Kier molecular flexibility index (Phi) is 7.10. The third kappa shape index (κ3) is 5.08. The number of amides is 2. The number of anilines is 1. The van der Waals surface area contributed by atoms with Crippen LogP contribution in [0.4, 0.5) is 5.69 Å². The summed E-state index contributed by atoms with van der Waals surface area (Å²) in [7, 11) is 1.60. The molecule has 2 rings (SSSR count). The Balaban J connectivity index is 1.92. The third-order valence-electron chi connectivity index (χ3n) is 4.01. The number of rotatable bonds is 5. The van der Waals surface area contributed by atoms with Crippen molar-refractivity contribution < 1.29 is 9.59 Å². The second kappa shape index (κ2) is 8.68. The lowest BCUT2D eigenvalue weighted by Crippen LogP contribution is -2.48. The molecule has 1 aromatic carbocycles. The second-order valence-corrected chi connectivity index (χ2v) is 8.22. The number of likely N-dealkylation sites (N-methyl/N-ethyl adjacent to an activating group) is 1. The van der Waals surface area contributed by atoms with Gasteiger partial charge < -0.3 is 10.2 Å². The number of nitrogens with one attached hydrogen (secondary N) is 3. The van der Waals surface area contributed by atoms with Gasteiger partial charge in [0.25, 0.3) is 0 Å². The molecule has 138 valence electrons. The van der Waals surface area contributed by atoms with Gasteiger partial charge in [-0.05, 0) is 24.1 Å². The molecule has 2 amide bonds. The molecule has 3 atom stereocenters. The van der Waals surface area contributed by atoms with Crippen molar-refractivity contribution in [2.75, 3.05) is 18.9 Å². The minimum Gasteiger partial charge on any atom is -0.335 e. The summed E-state index contributed by atoms with van der Waals surface area (Å²) in [5.41, 5.74) is 6.65. The van der Waals surface area contributed by atoms with Crippen LogP contribution in [-0.4, -0.2) is 47.2 Å². The van der Waals surface area contributed by atoms with Crippen molar-refractivity contribution in [2.45, 2.75) is 30.8 Å². The summed E-state index contributed by atoms with van der Waals surface area (Å²) in [5, 5.41) is 3.47. The Morgan fingerprint density at radius 2 is 1.96 bits per heavy atom. The van der Waals surface area contributed by atoms with Gasteiger partial charge in [0.05, 0.1) is 21.4 Å². The average molecular weight is 452 g/mol. The van der Waals surface area contributed by atoms with E-state index in [1.165, 1.54) is 4.90 Å². The molecule has 0 bridgehead atoms. The Hall–Kier alpha value is -0.860. The number of hydrazine groups is 1. The largest absolute Gasteiger partial charge is 0.335 e. The molecule has 1 aliphatic rings. The Morgan fingerprint density at radius 3 is 2.52 bits per heavy atom. The van der Waals surface area contributed by atoms with Crippen LogP contribution in [0.3, 0.4) is 0 Å². The van der Waals surface area contributed by atoms with E-state index >= 15 is 0 Å². The van der Waals surface area contributed by atoms with Crippen molar-refractivity contribution in [3.63, 3.8) is 0 Å². The molecule has 0 radical (unpaired) electrons. The first-order chi connectivity index (χ1) is 11.7. The van der Waals surface area contributed by atoms with Gasteiger partial charge in [-0.15, -0.1) is 0 Å². The van der Waals surface area contributed by atoms with Crippen LogP contribution in [0.15, 0.2) is 18.2 Å². The van der Waals surface area contributed by atoms with E-state index in [2.05, 4.69) is 45.9 Å². The quantitative estimate of drug-likeness (QED) is 0.601. The minimum atomic E-state index is -0.435. The molecule has 25 heavy (non-hydrogen) atoms. The van der Waals surface area contributed by atoms with Gasteiger partial charge in [-0.3, -0.25) is 15.0 Å². The summed E-state index contributed by atoms with van der Waals surface area (Å²) in [6.07, 6.45) is 0. The molecular formula is C16H21BrCl2N4O2. The van der Waals surface area contributed by atoms with Crippen molar-refractivity contribution in [3.8, 4) is 0 Å². The summed E-state index contributed by atoms with van der Waals surface area (Å²) in [4.78, 5) is 26.1. The predicted octanol–water partition coefficient (Wildman–Crippen LogP) is 2.65. The van der Waals surface area contributed by atoms with E-state index in [1.807, 2.05) is 0 Å². The Morgan fingerprint density at radius 1 is 1.28 bits per heavy atom. The Labute approximate surface area is 165 Å². The topological polar surface area (TPSA) is 73.5 Å². The van der Waals surface area contributed by atoms with E-state index in [9.17, 15) is 9.59 Å². The first-order valence-corrected chi connectivity index (χ1v) is 9.53. The maximum Gasteiger partial charge on any atom is 0.243 e. The maximum atomic E-state index is 12.6. The maximum absolute atomic E-state index is 12.6. The highest BCUT2D eigenvalue weighted by Crippen LogP contribution is 2.25. The van der Waals surface area contributed by atoms with Crippen LogP contribution in [0, 0.1) is 5.92 Å². The van der Waals surface area contributed by atoms with Gasteiger partial charge in [-0.25, -0.2) is 5.43 Å². The first kappa shape index (κ1) is 20.5. The highest BCUT2D eigenvalue weighted by Gasteiger charge is 2.41. The summed E-state index contributed by atoms with van der Waals surface area (Å²) in [5.74, 6) is -0.119. The van der Waals surface area contributed by atoms with Gasteiger partial charge in [0, 0.05) is 18.8 Å². The molecule has 6 nitrogen and oxygen atoms in total. The third-order valence-corrected chi connectivity index (χ3v) is 5.85. The number of hydrogen-bond acceptors (Lipinski definition) is 4. The van der Waals surface area contributed by atoms with Gasteiger partial charge in [-0.2, -0.15) is 0 Å². The number of carbonyl (C=O) groups is 2. The number of halogens is 3. The lowest BCUT2D eigenvalue weighted by Gasteiger charge is -2.23. The summed E-state index contributed by atoms with van der Waals surface area (Å²) < 4.78 is 0. The van der Waals surface area contributed by atoms with E-state index in [0.29, 0.717) is 21.7 Å². The summed E-state index contributed by atoms with van der Waals surface area (Å²) >= 11 is 15.4. The smallest absolute Gasteiger partial charge is 0.243 e. The van der Waals surface area contributed by atoms with Crippen LogP contribution in [0.2, 0.25) is 10.0 Å². The van der Waals surface area contributed by atoms with Crippen molar-refractivity contribution in [1.29, 1.82) is 0 Å². The Bertz CT molecular complexity index is 659. The lowest BCUT2D eigenvalue weighted by molar-refractivity contribution is -0.134. The fraction of sp³-hybridized carbons (Fsp3) is 0.500. The SMILES string of the molecule is CC(C)C1NNC(C(=O)N(C)CC(=O)Nc2ccc(Cl)c(Cl)c2)C1Br. The normalized spacial score (nSPS) is 22.9. The predicted molar refractivity (Wildman–Crippen MR) is 104 cm³/mol. The van der Waals surface area contributed by atoms with Crippen molar-refractivity contribution in [3.05, 3.63) is 28.2 Å². The van der Waals surface area contributed by atoms with Gasteiger partial charge in [0.2, 0.25) is 11.8 Å². The molecule has 3 N–H and O–H groups in total. The first-order valence-electron chi connectivity index (χ1n) is 7.85. The number of carbonyl (C=O) groups excluding carboxylic acids is 2. The molecular weight excluding hydrogens is 431 g/mol. The standard InChI is InChI=1S/C16H21BrCl2N4O2/c1-8(2)14-13(17)15(22-21-14)16(25)23(3)7-12(24)20-9-4-5-10(18)11(19)6-9/h4-6,8,13-15,21-22H,7H2,1-3H3,(H,20,24). The molecule has 1 fully saturated rings. The van der Waals surface area contributed by atoms with E-state index in [-0.39, 0.29) is 29.2 Å². The van der Waals surface area contributed by atoms with Crippen molar-refractivity contribution in [2.24, 2.45) is 5.92 Å². The molecule has 9 heteroatoms. The molecule has 0 saturated carbocycles. The zero-order chi connectivity index (χ0) is 18.7. The fourth-order valence-electron chi connectivity index (χ4n) is 2.59. The van der Waals surface area contributed by atoms with Crippen LogP contribution < -0.4 is 16.2 Å². The summed E-state index contributed by atoms with van der Waals surface area (Å²) in [6, 6.07) is 4.51. The van der Waals surface area contributed by atoms with E-state index in [0.717, 1.165) is 0 Å².